The molecule has 0 spiro atoms. The fourth-order valence-corrected chi connectivity index (χ4v) is 1.60. The van der Waals surface area contributed by atoms with E-state index in [1.54, 1.807) is 6.20 Å². The van der Waals surface area contributed by atoms with Gasteiger partial charge in [-0.15, -0.1) is 0 Å². The van der Waals surface area contributed by atoms with Crippen LogP contribution >= 0.6 is 0 Å². The molecule has 17 heavy (non-hydrogen) atoms. The Morgan fingerprint density at radius 1 is 1.35 bits per heavy atom. The maximum absolute atomic E-state index is 5.88. The Balaban J connectivity index is 2.29. The molecule has 94 valence electrons. The molecule has 1 aromatic rings. The third kappa shape index (κ3) is 3.02. The second-order valence-corrected chi connectivity index (χ2v) is 4.84. The lowest BCUT2D eigenvalue weighted by atomic mass is 10.3. The molecule has 1 heterocycles. The van der Waals surface area contributed by atoms with Gasteiger partial charge in [-0.05, 0) is 26.7 Å². The second-order valence-electron chi connectivity index (χ2n) is 4.84. The highest BCUT2D eigenvalue weighted by molar-refractivity contribution is 5.64. The van der Waals surface area contributed by atoms with E-state index in [9.17, 15) is 0 Å². The molecule has 4 heteroatoms. The molecule has 0 N–H and O–H groups in total. The van der Waals surface area contributed by atoms with Gasteiger partial charge >= 0.3 is 0 Å². The fourth-order valence-electron chi connectivity index (χ4n) is 1.60. The van der Waals surface area contributed by atoms with Gasteiger partial charge in [0.25, 0.3) is 0 Å². The van der Waals surface area contributed by atoms with E-state index in [1.165, 1.54) is 0 Å². The highest BCUT2D eigenvalue weighted by Gasteiger charge is 2.26. The zero-order chi connectivity index (χ0) is 12.4. The SMILES string of the molecule is CC(C)Oc1nccc(OC2CC2)c1N(C)C. The van der Waals surface area contributed by atoms with E-state index in [0.717, 1.165) is 24.3 Å². The second kappa shape index (κ2) is 4.82. The number of nitrogens with zero attached hydrogens (tertiary/aromatic N) is 2. The number of rotatable bonds is 5. The minimum atomic E-state index is 0.109. The molecule has 0 bridgehead atoms. The lowest BCUT2D eigenvalue weighted by Crippen LogP contribution is -2.16. The highest BCUT2D eigenvalue weighted by Crippen LogP contribution is 2.38. The Bertz CT molecular complexity index is 365. The van der Waals surface area contributed by atoms with Crippen LogP contribution in [0.25, 0.3) is 0 Å². The Labute approximate surface area is 103 Å². The van der Waals surface area contributed by atoms with Crippen molar-refractivity contribution in [3.8, 4) is 11.6 Å². The molecular weight excluding hydrogens is 216 g/mol. The zero-order valence-corrected chi connectivity index (χ0v) is 10.9. The molecule has 2 rings (SSSR count). The third-order valence-corrected chi connectivity index (χ3v) is 2.47. The van der Waals surface area contributed by atoms with Gasteiger partial charge in [0.15, 0.2) is 0 Å². The molecule has 1 aliphatic carbocycles. The summed E-state index contributed by atoms with van der Waals surface area (Å²) in [5.41, 5.74) is 0.924. The zero-order valence-electron chi connectivity index (χ0n) is 10.9. The standard InChI is InChI=1S/C13H20N2O2/c1-9(2)16-13-12(15(3)4)11(7-8-14-13)17-10-5-6-10/h7-10H,5-6H2,1-4H3. The summed E-state index contributed by atoms with van der Waals surface area (Å²) >= 11 is 0. The van der Waals surface area contributed by atoms with E-state index in [0.29, 0.717) is 12.0 Å². The predicted molar refractivity (Wildman–Crippen MR) is 68.0 cm³/mol. The molecule has 0 atom stereocenters. The quantitative estimate of drug-likeness (QED) is 0.786. The van der Waals surface area contributed by atoms with Crippen molar-refractivity contribution in [1.29, 1.82) is 0 Å². The van der Waals surface area contributed by atoms with Crippen LogP contribution in [0.5, 0.6) is 11.6 Å². The number of pyridine rings is 1. The maximum Gasteiger partial charge on any atom is 0.241 e. The lowest BCUT2D eigenvalue weighted by Gasteiger charge is -2.21. The van der Waals surface area contributed by atoms with Crippen molar-refractivity contribution in [3.63, 3.8) is 0 Å². The number of hydrogen-bond donors (Lipinski definition) is 0. The molecular formula is C13H20N2O2. The van der Waals surface area contributed by atoms with E-state index < -0.39 is 0 Å². The van der Waals surface area contributed by atoms with Gasteiger partial charge in [-0.1, -0.05) is 0 Å². The Morgan fingerprint density at radius 3 is 2.59 bits per heavy atom. The van der Waals surface area contributed by atoms with Crippen molar-refractivity contribution in [2.75, 3.05) is 19.0 Å². The molecule has 0 amide bonds. The average molecular weight is 236 g/mol. The first-order valence-electron chi connectivity index (χ1n) is 6.07. The van der Waals surface area contributed by atoms with Crippen molar-refractivity contribution < 1.29 is 9.47 Å². The number of aromatic nitrogens is 1. The summed E-state index contributed by atoms with van der Waals surface area (Å²) in [4.78, 5) is 6.27. The van der Waals surface area contributed by atoms with Crippen LogP contribution in [0.2, 0.25) is 0 Å². The monoisotopic (exact) mass is 236 g/mol. The van der Waals surface area contributed by atoms with E-state index in [1.807, 2.05) is 38.9 Å². The molecule has 0 unspecified atom stereocenters. The van der Waals surface area contributed by atoms with Crippen molar-refractivity contribution >= 4 is 5.69 Å². The van der Waals surface area contributed by atoms with Gasteiger partial charge < -0.3 is 14.4 Å². The topological polar surface area (TPSA) is 34.6 Å². The van der Waals surface area contributed by atoms with E-state index >= 15 is 0 Å². The Hall–Kier alpha value is -1.45. The Morgan fingerprint density at radius 2 is 2.06 bits per heavy atom. The first kappa shape index (κ1) is 12.0. The molecule has 1 fully saturated rings. The van der Waals surface area contributed by atoms with Crippen LogP contribution in [0.15, 0.2) is 12.3 Å². The number of anilines is 1. The number of hydrogen-bond acceptors (Lipinski definition) is 4. The van der Waals surface area contributed by atoms with Crippen molar-refractivity contribution in [2.24, 2.45) is 0 Å². The van der Waals surface area contributed by atoms with Crippen LogP contribution in [0, 0.1) is 0 Å². The van der Waals surface area contributed by atoms with Crippen LogP contribution in [-0.4, -0.2) is 31.3 Å². The summed E-state index contributed by atoms with van der Waals surface area (Å²) in [6, 6.07) is 1.90. The summed E-state index contributed by atoms with van der Waals surface area (Å²) in [5, 5.41) is 0. The van der Waals surface area contributed by atoms with Crippen LogP contribution in [0.1, 0.15) is 26.7 Å². The van der Waals surface area contributed by atoms with Gasteiger partial charge in [-0.3, -0.25) is 0 Å². The normalized spacial score (nSPS) is 14.9. The summed E-state index contributed by atoms with van der Waals surface area (Å²) in [5.74, 6) is 1.51. The van der Waals surface area contributed by atoms with Crippen LogP contribution < -0.4 is 14.4 Å². The molecule has 1 aromatic heterocycles. The molecule has 0 saturated heterocycles. The van der Waals surface area contributed by atoms with Crippen molar-refractivity contribution in [3.05, 3.63) is 12.3 Å². The van der Waals surface area contributed by atoms with Gasteiger partial charge in [0, 0.05) is 26.4 Å². The molecule has 0 aliphatic heterocycles. The summed E-state index contributed by atoms with van der Waals surface area (Å²) in [7, 11) is 3.95. The number of ether oxygens (including phenoxy) is 2. The highest BCUT2D eigenvalue weighted by atomic mass is 16.5. The van der Waals surface area contributed by atoms with Crippen molar-refractivity contribution in [1.82, 2.24) is 4.98 Å². The first-order valence-corrected chi connectivity index (χ1v) is 6.07. The van der Waals surface area contributed by atoms with Gasteiger partial charge in [-0.2, -0.15) is 0 Å². The van der Waals surface area contributed by atoms with Gasteiger partial charge in [0.2, 0.25) is 5.88 Å². The van der Waals surface area contributed by atoms with Gasteiger partial charge in [0.1, 0.15) is 11.4 Å². The molecule has 1 aliphatic rings. The van der Waals surface area contributed by atoms with Crippen molar-refractivity contribution in [2.45, 2.75) is 38.9 Å². The lowest BCUT2D eigenvalue weighted by molar-refractivity contribution is 0.230. The first-order chi connectivity index (χ1) is 8.08. The van der Waals surface area contributed by atoms with Crippen LogP contribution in [-0.2, 0) is 0 Å². The fraction of sp³-hybridized carbons (Fsp3) is 0.615. The molecule has 0 aromatic carbocycles. The Kier molecular flexibility index (Phi) is 3.41. The molecule has 4 nitrogen and oxygen atoms in total. The van der Waals surface area contributed by atoms with Crippen LogP contribution in [0.3, 0.4) is 0 Å². The van der Waals surface area contributed by atoms with Gasteiger partial charge in [-0.25, -0.2) is 4.98 Å². The van der Waals surface area contributed by atoms with Gasteiger partial charge in [0.05, 0.1) is 12.2 Å². The van der Waals surface area contributed by atoms with E-state index in [4.69, 9.17) is 9.47 Å². The minimum Gasteiger partial charge on any atom is -0.488 e. The predicted octanol–water partition coefficient (Wildman–Crippen LogP) is 2.48. The summed E-state index contributed by atoms with van der Waals surface area (Å²) in [6.07, 6.45) is 4.52. The summed E-state index contributed by atoms with van der Waals surface area (Å²) < 4.78 is 11.6. The molecule has 0 radical (unpaired) electrons. The average Bonchev–Trinajstić information content (AvgIpc) is 3.00. The molecule has 1 saturated carbocycles. The van der Waals surface area contributed by atoms with Crippen LogP contribution in [0.4, 0.5) is 5.69 Å². The maximum atomic E-state index is 5.88. The summed E-state index contributed by atoms with van der Waals surface area (Å²) in [6.45, 7) is 3.99. The largest absolute Gasteiger partial charge is 0.488 e. The minimum absolute atomic E-state index is 0.109. The third-order valence-electron chi connectivity index (χ3n) is 2.47. The van der Waals surface area contributed by atoms with E-state index in [-0.39, 0.29) is 6.10 Å². The smallest absolute Gasteiger partial charge is 0.241 e. The van der Waals surface area contributed by atoms with E-state index in [2.05, 4.69) is 4.98 Å².